The summed E-state index contributed by atoms with van der Waals surface area (Å²) in [6, 6.07) is 9.04. The topological polar surface area (TPSA) is 72.2 Å². The first kappa shape index (κ1) is 15.3. The fourth-order valence-electron chi connectivity index (χ4n) is 1.74. The highest BCUT2D eigenvalue weighted by Crippen LogP contribution is 2.31. The van der Waals surface area contributed by atoms with E-state index in [1.165, 1.54) is 25.1 Å². The van der Waals surface area contributed by atoms with Crippen LogP contribution < -0.4 is 5.32 Å². The Hall–Kier alpha value is -2.11. The second-order valence-corrected chi connectivity index (χ2v) is 5.11. The molecule has 0 amide bonds. The number of benzene rings is 2. The molecule has 0 aliphatic rings. The fraction of sp³-hybridized carbons (Fsp3) is 0.0714. The van der Waals surface area contributed by atoms with Crippen molar-refractivity contribution in [3.8, 4) is 0 Å². The van der Waals surface area contributed by atoms with E-state index < -0.39 is 4.92 Å². The molecule has 0 saturated carbocycles. The Bertz CT molecular complexity index is 732. The molecule has 0 spiro atoms. The van der Waals surface area contributed by atoms with Gasteiger partial charge in [-0.25, -0.2) is 0 Å². The molecule has 0 bridgehead atoms. The molecule has 0 heterocycles. The largest absolute Gasteiger partial charge is 0.350 e. The molecule has 2 rings (SSSR count). The summed E-state index contributed by atoms with van der Waals surface area (Å²) in [5.41, 5.74) is 0.918. The Morgan fingerprint density at radius 1 is 1.14 bits per heavy atom. The van der Waals surface area contributed by atoms with E-state index in [4.69, 9.17) is 23.2 Å². The predicted octanol–water partition coefficient (Wildman–Crippen LogP) is 4.85. The summed E-state index contributed by atoms with van der Waals surface area (Å²) in [6.45, 7) is 1.35. The number of nitro groups is 1. The first-order chi connectivity index (χ1) is 9.88. The van der Waals surface area contributed by atoms with Crippen molar-refractivity contribution in [3.05, 3.63) is 62.1 Å². The van der Waals surface area contributed by atoms with Crippen molar-refractivity contribution >= 4 is 46.0 Å². The monoisotopic (exact) mass is 324 g/mol. The van der Waals surface area contributed by atoms with Crippen LogP contribution in [0.2, 0.25) is 10.0 Å². The van der Waals surface area contributed by atoms with Crippen LogP contribution in [0.25, 0.3) is 0 Å². The number of carbonyl (C=O) groups excluding carboxylic acids is 1. The summed E-state index contributed by atoms with van der Waals surface area (Å²) in [7, 11) is 0. The normalized spacial score (nSPS) is 10.2. The van der Waals surface area contributed by atoms with Gasteiger partial charge in [-0.3, -0.25) is 14.9 Å². The molecule has 0 radical (unpaired) electrons. The SMILES string of the molecule is CC(=O)c1ccc(Nc2ccc(Cl)c(Cl)c2)c([N+](=O)[O-])c1. The van der Waals surface area contributed by atoms with Crippen LogP contribution in [0.4, 0.5) is 17.1 Å². The molecule has 2 aromatic rings. The fourth-order valence-corrected chi connectivity index (χ4v) is 2.03. The van der Waals surface area contributed by atoms with Crippen LogP contribution in [0.1, 0.15) is 17.3 Å². The maximum absolute atomic E-state index is 11.3. The maximum Gasteiger partial charge on any atom is 0.293 e. The van der Waals surface area contributed by atoms with Gasteiger partial charge in [-0.1, -0.05) is 23.2 Å². The lowest BCUT2D eigenvalue weighted by Crippen LogP contribution is -2.00. The number of nitro benzene ring substituents is 1. The van der Waals surface area contributed by atoms with Gasteiger partial charge in [0, 0.05) is 17.3 Å². The maximum atomic E-state index is 11.3. The molecule has 0 aliphatic carbocycles. The molecule has 0 fully saturated rings. The Kier molecular flexibility index (Phi) is 4.45. The minimum absolute atomic E-state index is 0.186. The predicted molar refractivity (Wildman–Crippen MR) is 82.8 cm³/mol. The van der Waals surface area contributed by atoms with Gasteiger partial charge >= 0.3 is 0 Å². The molecule has 0 unspecified atom stereocenters. The van der Waals surface area contributed by atoms with Gasteiger partial charge in [-0.2, -0.15) is 0 Å². The second kappa shape index (κ2) is 6.11. The molecule has 0 saturated heterocycles. The Balaban J connectivity index is 2.41. The number of nitrogens with one attached hydrogen (secondary N) is 1. The van der Waals surface area contributed by atoms with Crippen LogP contribution in [0, 0.1) is 10.1 Å². The van der Waals surface area contributed by atoms with Crippen LogP contribution in [-0.2, 0) is 0 Å². The molecule has 5 nitrogen and oxygen atoms in total. The average Bonchev–Trinajstić information content (AvgIpc) is 2.43. The molecule has 2 aromatic carbocycles. The molecular formula is C14H10Cl2N2O3. The number of carbonyl (C=O) groups is 1. The lowest BCUT2D eigenvalue weighted by molar-refractivity contribution is -0.383. The van der Waals surface area contributed by atoms with Gasteiger partial charge < -0.3 is 5.32 Å². The summed E-state index contributed by atoms with van der Waals surface area (Å²) < 4.78 is 0. The third-order valence-corrected chi connectivity index (χ3v) is 3.54. The van der Waals surface area contributed by atoms with E-state index in [9.17, 15) is 14.9 Å². The number of anilines is 2. The molecule has 0 aliphatic heterocycles. The third kappa shape index (κ3) is 3.51. The highest BCUT2D eigenvalue weighted by Gasteiger charge is 2.16. The van der Waals surface area contributed by atoms with Gasteiger partial charge in [0.25, 0.3) is 5.69 Å². The zero-order chi connectivity index (χ0) is 15.6. The zero-order valence-electron chi connectivity index (χ0n) is 10.9. The summed E-state index contributed by atoms with van der Waals surface area (Å²) in [5, 5.41) is 14.7. The van der Waals surface area contributed by atoms with Crippen LogP contribution in [0.3, 0.4) is 0 Å². The number of nitrogens with zero attached hydrogens (tertiary/aromatic N) is 1. The number of halogens is 2. The molecule has 0 aromatic heterocycles. The number of ketones is 1. The molecule has 0 atom stereocenters. The minimum Gasteiger partial charge on any atom is -0.350 e. The summed E-state index contributed by atoms with van der Waals surface area (Å²) >= 11 is 11.7. The lowest BCUT2D eigenvalue weighted by atomic mass is 10.1. The van der Waals surface area contributed by atoms with Crippen molar-refractivity contribution in [2.75, 3.05) is 5.32 Å². The summed E-state index contributed by atoms with van der Waals surface area (Å²) in [5.74, 6) is -0.237. The highest BCUT2D eigenvalue weighted by atomic mass is 35.5. The number of rotatable bonds is 4. The van der Waals surface area contributed by atoms with Crippen molar-refractivity contribution in [2.45, 2.75) is 6.92 Å². The van der Waals surface area contributed by atoms with Gasteiger partial charge in [-0.05, 0) is 37.3 Å². The van der Waals surface area contributed by atoms with E-state index in [1.54, 1.807) is 18.2 Å². The van der Waals surface area contributed by atoms with E-state index in [1.807, 2.05) is 0 Å². The minimum atomic E-state index is -0.549. The molecule has 108 valence electrons. The van der Waals surface area contributed by atoms with Crippen LogP contribution >= 0.6 is 23.2 Å². The van der Waals surface area contributed by atoms with Crippen LogP contribution in [0.15, 0.2) is 36.4 Å². The van der Waals surface area contributed by atoms with E-state index in [2.05, 4.69) is 5.32 Å². The van der Waals surface area contributed by atoms with E-state index in [-0.39, 0.29) is 22.7 Å². The highest BCUT2D eigenvalue weighted by molar-refractivity contribution is 6.42. The summed E-state index contributed by atoms with van der Waals surface area (Å²) in [4.78, 5) is 21.9. The van der Waals surface area contributed by atoms with Crippen LogP contribution in [-0.4, -0.2) is 10.7 Å². The number of hydrogen-bond acceptors (Lipinski definition) is 4. The van der Waals surface area contributed by atoms with Gasteiger partial charge in [0.1, 0.15) is 5.69 Å². The molecule has 21 heavy (non-hydrogen) atoms. The standard InChI is InChI=1S/C14H10Cl2N2O3/c1-8(19)9-2-5-13(14(6-9)18(20)21)17-10-3-4-11(15)12(16)7-10/h2-7,17H,1H3. The van der Waals surface area contributed by atoms with Gasteiger partial charge in [0.15, 0.2) is 5.78 Å². The van der Waals surface area contributed by atoms with Gasteiger partial charge in [0.2, 0.25) is 0 Å². The zero-order valence-corrected chi connectivity index (χ0v) is 12.4. The van der Waals surface area contributed by atoms with Crippen molar-refractivity contribution in [2.24, 2.45) is 0 Å². The van der Waals surface area contributed by atoms with Gasteiger partial charge in [-0.15, -0.1) is 0 Å². The quantitative estimate of drug-likeness (QED) is 0.495. The number of hydrogen-bond donors (Lipinski definition) is 1. The van der Waals surface area contributed by atoms with E-state index in [0.29, 0.717) is 15.7 Å². The van der Waals surface area contributed by atoms with Crippen molar-refractivity contribution in [1.82, 2.24) is 0 Å². The van der Waals surface area contributed by atoms with Crippen molar-refractivity contribution < 1.29 is 9.72 Å². The van der Waals surface area contributed by atoms with E-state index in [0.717, 1.165) is 0 Å². The van der Waals surface area contributed by atoms with E-state index >= 15 is 0 Å². The Morgan fingerprint density at radius 2 is 1.86 bits per heavy atom. The number of Topliss-reactive ketones (excluding diaryl/α,β-unsaturated/α-hetero) is 1. The second-order valence-electron chi connectivity index (χ2n) is 4.30. The van der Waals surface area contributed by atoms with Crippen molar-refractivity contribution in [3.63, 3.8) is 0 Å². The Morgan fingerprint density at radius 3 is 2.43 bits per heavy atom. The first-order valence-corrected chi connectivity index (χ1v) is 6.65. The molecular weight excluding hydrogens is 315 g/mol. The third-order valence-electron chi connectivity index (χ3n) is 2.80. The lowest BCUT2D eigenvalue weighted by Gasteiger charge is -2.09. The average molecular weight is 325 g/mol. The Labute approximate surface area is 130 Å². The first-order valence-electron chi connectivity index (χ1n) is 5.90. The van der Waals surface area contributed by atoms with Gasteiger partial charge in [0.05, 0.1) is 15.0 Å². The summed E-state index contributed by atoms with van der Waals surface area (Å²) in [6.07, 6.45) is 0. The molecule has 1 N–H and O–H groups in total. The smallest absolute Gasteiger partial charge is 0.293 e. The molecule has 7 heteroatoms. The van der Waals surface area contributed by atoms with Crippen LogP contribution in [0.5, 0.6) is 0 Å². The van der Waals surface area contributed by atoms with Crippen molar-refractivity contribution in [1.29, 1.82) is 0 Å².